The van der Waals surface area contributed by atoms with Crippen LogP contribution < -0.4 is 25.0 Å². The molecule has 0 saturated heterocycles. The van der Waals surface area contributed by atoms with Crippen LogP contribution in [0.25, 0.3) is 5.73 Å². The third kappa shape index (κ3) is 209. The van der Waals surface area contributed by atoms with E-state index in [9.17, 15) is 0 Å². The number of rotatable bonds is 0. The van der Waals surface area contributed by atoms with E-state index in [0.29, 0.717) is 0 Å². The van der Waals surface area contributed by atoms with Gasteiger partial charge in [-0.3, -0.25) is 0 Å². The van der Waals surface area contributed by atoms with Crippen molar-refractivity contribution in [1.29, 1.82) is 0 Å². The van der Waals surface area contributed by atoms with Gasteiger partial charge in [0, 0.05) is 0 Å². The summed E-state index contributed by atoms with van der Waals surface area (Å²) < 4.78 is 0. The van der Waals surface area contributed by atoms with Gasteiger partial charge in [0.15, 0.2) is 0 Å². The van der Waals surface area contributed by atoms with Crippen LogP contribution in [0, 0.1) is 0 Å². The van der Waals surface area contributed by atoms with Crippen LogP contribution in [0.15, 0.2) is 0 Å². The van der Waals surface area contributed by atoms with Gasteiger partial charge >= 0.3 is 18.9 Å². The van der Waals surface area contributed by atoms with Crippen LogP contribution in [0.2, 0.25) is 0 Å². The molecule has 0 radical (unpaired) electrons. The largest absolute Gasteiger partial charge is 1.00 e. The van der Waals surface area contributed by atoms with Crippen LogP contribution in [0.5, 0.6) is 0 Å². The van der Waals surface area contributed by atoms with Gasteiger partial charge in [-0.05, 0) is 0 Å². The van der Waals surface area contributed by atoms with Crippen LogP contribution in [-0.4, -0.2) is 6.04 Å². The molecule has 0 spiro atoms. The predicted octanol–water partition coefficient (Wildman–Crippen LogP) is -1.39. The van der Waals surface area contributed by atoms with E-state index in [1.165, 1.54) is 0 Å². The molecule has 0 rings (SSSR count). The molecule has 0 aliphatic heterocycles. The number of hydrogen-bond donors (Lipinski definition) is 1. The van der Waals surface area contributed by atoms with E-state index in [1.54, 1.807) is 0 Å². The minimum Gasteiger partial charge on any atom is -0.675 e. The molecule has 0 aliphatic rings. The van der Waals surface area contributed by atoms with Gasteiger partial charge in [-0.2, -0.15) is 0 Å². The Morgan fingerprint density at radius 2 is 1.33 bits per heavy atom. The first-order chi connectivity index (χ1) is 1.73. The molecule has 0 saturated carbocycles. The van der Waals surface area contributed by atoms with Crippen molar-refractivity contribution >= 4 is 0 Å². The molecule has 0 aromatic heterocycles. The van der Waals surface area contributed by atoms with Gasteiger partial charge in [0.25, 0.3) is 0 Å². The first-order valence-corrected chi connectivity index (χ1v) is 1.44. The Morgan fingerprint density at radius 1 is 1.33 bits per heavy atom. The first-order valence-electron chi connectivity index (χ1n) is 1.44. The van der Waals surface area contributed by atoms with Crippen molar-refractivity contribution in [3.05, 3.63) is 5.73 Å². The molecule has 0 atom stereocenters. The predicted molar refractivity (Wildman–Crippen MR) is 24.5 cm³/mol. The second kappa shape index (κ2) is 9.10. The summed E-state index contributed by atoms with van der Waals surface area (Å²) in [5, 5.41) is 0. The third-order valence-corrected chi connectivity index (χ3v) is 0. The van der Waals surface area contributed by atoms with Crippen LogP contribution in [0.4, 0.5) is 0 Å². The minimum atomic E-state index is 0. The van der Waals surface area contributed by atoms with Crippen LogP contribution >= 0.6 is 0 Å². The molecule has 0 fully saturated rings. The Labute approximate surface area is 51.2 Å². The molecule has 0 heterocycles. The fraction of sp³-hybridized carbons (Fsp3) is 1.00. The third-order valence-electron chi connectivity index (χ3n) is 0. The van der Waals surface area contributed by atoms with E-state index in [1.807, 2.05) is 13.8 Å². The maximum Gasteiger partial charge on any atom is 1.00 e. The van der Waals surface area contributed by atoms with Crippen molar-refractivity contribution in [2.24, 2.45) is 0 Å². The number of hydrogen-bond acceptors (Lipinski definition) is 1. The number of nitrogens with one attached hydrogen (secondary N) is 1. The molecule has 0 amide bonds. The first kappa shape index (κ1) is 16.0. The molecule has 0 bridgehead atoms. The van der Waals surface area contributed by atoms with Crippen LogP contribution in [-0.2, 0) is 0 Å². The molecule has 0 aromatic rings. The molecule has 0 unspecified atom stereocenters. The summed E-state index contributed by atoms with van der Waals surface area (Å²) in [7, 11) is 0. The van der Waals surface area contributed by atoms with Gasteiger partial charge in [0.1, 0.15) is 0 Å². The monoisotopic (exact) mass is 82.1 g/mol. The maximum absolute atomic E-state index is 6.58. The summed E-state index contributed by atoms with van der Waals surface area (Å²) in [5.74, 6) is 0. The van der Waals surface area contributed by atoms with E-state index >= 15 is 0 Å². The average molecular weight is 82.1 g/mol. The van der Waals surface area contributed by atoms with Crippen molar-refractivity contribution < 1.29 is 18.9 Å². The van der Waals surface area contributed by atoms with Crippen molar-refractivity contribution in [2.45, 2.75) is 19.9 Å². The van der Waals surface area contributed by atoms with E-state index in [2.05, 4.69) is 0 Å². The zero-order valence-electron chi connectivity index (χ0n) is 4.78. The second-order valence-corrected chi connectivity index (χ2v) is 1.15. The van der Waals surface area contributed by atoms with Gasteiger partial charge in [0.05, 0.1) is 0 Å². The zero-order chi connectivity index (χ0) is 3.58. The van der Waals surface area contributed by atoms with Crippen molar-refractivity contribution in [3.63, 3.8) is 0 Å². The zero-order valence-corrected chi connectivity index (χ0v) is 4.78. The standard InChI is InChI=1S/C3H8N.Li.H3N/c1-3(2)4;;/h3-4H,1-2H3;;1H3/q-1;+1;. The molecule has 0 aliphatic carbocycles. The smallest absolute Gasteiger partial charge is 0.675 e. The summed E-state index contributed by atoms with van der Waals surface area (Å²) in [6, 6.07) is 0.0833. The minimum absolute atomic E-state index is 0. The molecule has 6 heavy (non-hydrogen) atoms. The Hall–Kier alpha value is 0.517. The van der Waals surface area contributed by atoms with E-state index < -0.39 is 0 Å². The summed E-state index contributed by atoms with van der Waals surface area (Å²) in [6.07, 6.45) is 0. The molecule has 3 heteroatoms. The van der Waals surface area contributed by atoms with E-state index in [0.717, 1.165) is 0 Å². The maximum atomic E-state index is 6.58. The second-order valence-electron chi connectivity index (χ2n) is 1.15. The van der Waals surface area contributed by atoms with E-state index in [4.69, 9.17) is 5.73 Å². The average Bonchev–Trinajstić information content (AvgIpc) is 0.811. The van der Waals surface area contributed by atoms with Crippen LogP contribution in [0.3, 0.4) is 0 Å². The topological polar surface area (TPSA) is 58.8 Å². The van der Waals surface area contributed by atoms with Gasteiger partial charge in [-0.15, -0.1) is 6.04 Å². The van der Waals surface area contributed by atoms with Crippen LogP contribution in [0.1, 0.15) is 13.8 Å². The van der Waals surface area contributed by atoms with E-state index in [-0.39, 0.29) is 31.1 Å². The SMILES string of the molecule is CC(C)[NH-].N.[Li+]. The molecular weight excluding hydrogens is 71.0 g/mol. The molecule has 4 N–H and O–H groups in total. The normalized spacial score (nSPS) is 6.00. The van der Waals surface area contributed by atoms with Gasteiger partial charge in [-0.1, -0.05) is 13.8 Å². The quantitative estimate of drug-likeness (QED) is 0.359. The van der Waals surface area contributed by atoms with Gasteiger partial charge in [0.2, 0.25) is 0 Å². The van der Waals surface area contributed by atoms with Gasteiger partial charge < -0.3 is 11.9 Å². The molecule has 2 nitrogen and oxygen atoms in total. The Kier molecular flexibility index (Phi) is 24.3. The summed E-state index contributed by atoms with van der Waals surface area (Å²) in [4.78, 5) is 0. The fourth-order valence-corrected chi connectivity index (χ4v) is 0. The summed E-state index contributed by atoms with van der Waals surface area (Å²) in [6.45, 7) is 3.67. The van der Waals surface area contributed by atoms with Crippen molar-refractivity contribution in [1.82, 2.24) is 6.15 Å². The molecule has 34 valence electrons. The molecular formula is C3H11LiN2. The summed E-state index contributed by atoms with van der Waals surface area (Å²) in [5.41, 5.74) is 6.58. The summed E-state index contributed by atoms with van der Waals surface area (Å²) >= 11 is 0. The van der Waals surface area contributed by atoms with Gasteiger partial charge in [-0.25, -0.2) is 0 Å². The Morgan fingerprint density at radius 3 is 1.33 bits per heavy atom. The Balaban J connectivity index is -0.0000000450. The fourth-order valence-electron chi connectivity index (χ4n) is 0. The van der Waals surface area contributed by atoms with Crippen molar-refractivity contribution in [3.8, 4) is 0 Å². The molecule has 0 aromatic carbocycles. The Bertz CT molecular complexity index is 13.5. The van der Waals surface area contributed by atoms with Crippen molar-refractivity contribution in [2.75, 3.05) is 0 Å².